The third kappa shape index (κ3) is 2.51. The Balaban J connectivity index is 2.13. The summed E-state index contributed by atoms with van der Waals surface area (Å²) in [6, 6.07) is 5.20. The first-order valence-corrected chi connectivity index (χ1v) is 9.36. The van der Waals surface area contributed by atoms with Crippen LogP contribution >= 0.6 is 11.3 Å². The number of nitrogens with two attached hydrogens (primary N) is 1. The highest BCUT2D eigenvalue weighted by Crippen LogP contribution is 2.41. The summed E-state index contributed by atoms with van der Waals surface area (Å²) in [5.74, 6) is -0.826. The number of nitrogens with zero attached hydrogens (tertiary/aromatic N) is 1. The number of fused-ring (bicyclic) bond motifs is 1. The Morgan fingerprint density at radius 3 is 2.55 bits per heavy atom. The predicted octanol–water partition coefficient (Wildman–Crippen LogP) is 2.23. The van der Waals surface area contributed by atoms with E-state index in [0.717, 1.165) is 30.6 Å². The standard InChI is InChI=1S/C14H16N2O4S2/c15-22(19,20)13-16-10-8-9(4-5-11(10)21-13)14(12(17)18)6-2-1-3-7-14/h4-5,8H,1-3,6-7H2,(H,17,18)(H2,15,19,20). The molecular weight excluding hydrogens is 324 g/mol. The Kier molecular flexibility index (Phi) is 3.70. The fourth-order valence-corrected chi connectivity index (χ4v) is 4.74. The van der Waals surface area contributed by atoms with Crippen LogP contribution in [0.4, 0.5) is 0 Å². The molecule has 6 nitrogen and oxygen atoms in total. The van der Waals surface area contributed by atoms with Crippen LogP contribution in [0.25, 0.3) is 10.2 Å². The topological polar surface area (TPSA) is 110 Å². The summed E-state index contributed by atoms with van der Waals surface area (Å²) >= 11 is 0.995. The molecule has 0 bridgehead atoms. The molecule has 0 unspecified atom stereocenters. The molecule has 0 saturated heterocycles. The summed E-state index contributed by atoms with van der Waals surface area (Å²) in [6.07, 6.45) is 4.00. The van der Waals surface area contributed by atoms with E-state index in [9.17, 15) is 18.3 Å². The van der Waals surface area contributed by atoms with Gasteiger partial charge in [0.25, 0.3) is 10.0 Å². The number of benzene rings is 1. The van der Waals surface area contributed by atoms with Crippen molar-refractivity contribution < 1.29 is 18.3 Å². The van der Waals surface area contributed by atoms with Crippen LogP contribution in [0.15, 0.2) is 22.5 Å². The lowest BCUT2D eigenvalue weighted by Gasteiger charge is -2.33. The van der Waals surface area contributed by atoms with Gasteiger partial charge in [0.05, 0.1) is 15.6 Å². The van der Waals surface area contributed by atoms with Crippen LogP contribution in [-0.2, 0) is 20.2 Å². The minimum Gasteiger partial charge on any atom is -0.481 e. The van der Waals surface area contributed by atoms with Crippen molar-refractivity contribution in [1.29, 1.82) is 0 Å². The maximum atomic E-state index is 11.8. The van der Waals surface area contributed by atoms with E-state index in [1.807, 2.05) is 0 Å². The van der Waals surface area contributed by atoms with Crippen LogP contribution in [-0.4, -0.2) is 24.5 Å². The molecule has 22 heavy (non-hydrogen) atoms. The molecule has 0 aliphatic heterocycles. The van der Waals surface area contributed by atoms with Crippen molar-refractivity contribution in [2.75, 3.05) is 0 Å². The van der Waals surface area contributed by atoms with Gasteiger partial charge in [0.1, 0.15) is 0 Å². The quantitative estimate of drug-likeness (QED) is 0.890. The minimum atomic E-state index is -3.84. The maximum Gasteiger partial charge on any atom is 0.314 e. The van der Waals surface area contributed by atoms with Crippen molar-refractivity contribution >= 4 is 37.5 Å². The van der Waals surface area contributed by atoms with E-state index in [1.54, 1.807) is 18.2 Å². The van der Waals surface area contributed by atoms with Crippen molar-refractivity contribution in [3.8, 4) is 0 Å². The first kappa shape index (κ1) is 15.4. The average Bonchev–Trinajstić information content (AvgIpc) is 2.91. The zero-order chi connectivity index (χ0) is 16.0. The normalized spacial score (nSPS) is 18.4. The number of rotatable bonds is 3. The molecule has 1 aliphatic carbocycles. The van der Waals surface area contributed by atoms with Crippen LogP contribution in [0, 0.1) is 0 Å². The number of primary sulfonamides is 1. The zero-order valence-corrected chi connectivity index (χ0v) is 13.4. The van der Waals surface area contributed by atoms with Crippen molar-refractivity contribution in [2.24, 2.45) is 5.14 Å². The SMILES string of the molecule is NS(=O)(=O)c1nc2cc(C3(C(=O)O)CCCCC3)ccc2s1. The molecule has 0 spiro atoms. The van der Waals surface area contributed by atoms with Crippen LogP contribution in [0.5, 0.6) is 0 Å². The zero-order valence-electron chi connectivity index (χ0n) is 11.8. The molecule has 3 N–H and O–H groups in total. The van der Waals surface area contributed by atoms with Crippen molar-refractivity contribution in [3.63, 3.8) is 0 Å². The summed E-state index contributed by atoms with van der Waals surface area (Å²) in [6.45, 7) is 0. The van der Waals surface area contributed by atoms with Crippen LogP contribution in [0.1, 0.15) is 37.7 Å². The molecule has 1 saturated carbocycles. The van der Waals surface area contributed by atoms with Gasteiger partial charge in [0.15, 0.2) is 0 Å². The molecule has 8 heteroatoms. The number of carboxylic acid groups (broad SMARTS) is 1. The highest BCUT2D eigenvalue weighted by molar-refractivity contribution is 7.91. The van der Waals surface area contributed by atoms with E-state index in [1.165, 1.54) is 0 Å². The smallest absolute Gasteiger partial charge is 0.314 e. The second kappa shape index (κ2) is 5.29. The number of sulfonamides is 1. The van der Waals surface area contributed by atoms with E-state index in [-0.39, 0.29) is 4.34 Å². The van der Waals surface area contributed by atoms with E-state index in [4.69, 9.17) is 5.14 Å². The molecule has 0 radical (unpaired) electrons. The number of carboxylic acids is 1. The lowest BCUT2D eigenvalue weighted by molar-refractivity contribution is -0.145. The average molecular weight is 340 g/mol. The summed E-state index contributed by atoms with van der Waals surface area (Å²) in [4.78, 5) is 15.9. The fourth-order valence-electron chi connectivity index (χ4n) is 3.11. The lowest BCUT2D eigenvalue weighted by Crippen LogP contribution is -2.37. The number of aliphatic carboxylic acids is 1. The van der Waals surface area contributed by atoms with Gasteiger partial charge in [-0.25, -0.2) is 18.5 Å². The number of aromatic nitrogens is 1. The Hall–Kier alpha value is -1.51. The summed E-state index contributed by atoms with van der Waals surface area (Å²) in [5.41, 5.74) is 0.286. The van der Waals surface area contributed by atoms with Crippen molar-refractivity contribution in [1.82, 2.24) is 4.98 Å². The number of carbonyl (C=O) groups is 1. The van der Waals surface area contributed by atoms with E-state index in [2.05, 4.69) is 4.98 Å². The van der Waals surface area contributed by atoms with Crippen LogP contribution in [0.2, 0.25) is 0 Å². The predicted molar refractivity (Wildman–Crippen MR) is 83.4 cm³/mol. The second-order valence-corrected chi connectivity index (χ2v) is 8.42. The molecule has 3 rings (SSSR count). The molecular formula is C14H16N2O4S2. The highest BCUT2D eigenvalue weighted by Gasteiger charge is 2.41. The maximum absolute atomic E-state index is 11.8. The van der Waals surface area contributed by atoms with Gasteiger partial charge in [-0.15, -0.1) is 11.3 Å². The van der Waals surface area contributed by atoms with Gasteiger partial charge in [-0.2, -0.15) is 0 Å². The Labute approximate surface area is 132 Å². The molecule has 2 aromatic rings. The monoisotopic (exact) mass is 340 g/mol. The highest BCUT2D eigenvalue weighted by atomic mass is 32.2. The molecule has 1 fully saturated rings. The molecule has 1 aliphatic rings. The summed E-state index contributed by atoms with van der Waals surface area (Å²) in [7, 11) is -3.84. The Morgan fingerprint density at radius 2 is 1.95 bits per heavy atom. The molecule has 0 atom stereocenters. The van der Waals surface area contributed by atoms with Gasteiger partial charge in [0, 0.05) is 0 Å². The summed E-state index contributed by atoms with van der Waals surface area (Å²) < 4.78 is 23.3. The third-order valence-electron chi connectivity index (χ3n) is 4.28. The Morgan fingerprint density at radius 1 is 1.27 bits per heavy atom. The molecule has 1 heterocycles. The van der Waals surface area contributed by atoms with E-state index >= 15 is 0 Å². The number of hydrogen-bond acceptors (Lipinski definition) is 5. The van der Waals surface area contributed by atoms with Crippen LogP contribution < -0.4 is 5.14 Å². The van der Waals surface area contributed by atoms with Gasteiger partial charge in [-0.1, -0.05) is 25.3 Å². The van der Waals surface area contributed by atoms with Gasteiger partial charge >= 0.3 is 5.97 Å². The molecule has 1 aromatic carbocycles. The second-order valence-electron chi connectivity index (χ2n) is 5.66. The van der Waals surface area contributed by atoms with Crippen LogP contribution in [0.3, 0.4) is 0 Å². The van der Waals surface area contributed by atoms with E-state index < -0.39 is 21.4 Å². The van der Waals surface area contributed by atoms with Gasteiger partial charge < -0.3 is 5.11 Å². The fraction of sp³-hybridized carbons (Fsp3) is 0.429. The molecule has 0 amide bonds. The number of thiazole rings is 1. The first-order chi connectivity index (χ1) is 10.3. The van der Waals surface area contributed by atoms with Gasteiger partial charge in [-0.05, 0) is 30.5 Å². The third-order valence-corrected chi connectivity index (χ3v) is 6.64. The Bertz CT molecular complexity index is 836. The molecule has 1 aromatic heterocycles. The summed E-state index contributed by atoms with van der Waals surface area (Å²) in [5, 5.41) is 14.8. The van der Waals surface area contributed by atoms with Crippen molar-refractivity contribution in [3.05, 3.63) is 23.8 Å². The lowest BCUT2D eigenvalue weighted by atomic mass is 9.69. The van der Waals surface area contributed by atoms with E-state index in [0.29, 0.717) is 28.6 Å². The minimum absolute atomic E-state index is 0.146. The van der Waals surface area contributed by atoms with Gasteiger partial charge in [-0.3, -0.25) is 4.79 Å². The first-order valence-electron chi connectivity index (χ1n) is 7.00. The van der Waals surface area contributed by atoms with Gasteiger partial charge in [0.2, 0.25) is 4.34 Å². The number of hydrogen-bond donors (Lipinski definition) is 2. The molecule has 118 valence electrons. The van der Waals surface area contributed by atoms with Crippen molar-refractivity contribution in [2.45, 2.75) is 41.9 Å². The largest absolute Gasteiger partial charge is 0.481 e.